The second kappa shape index (κ2) is 6.91. The van der Waals surface area contributed by atoms with E-state index in [-0.39, 0.29) is 11.9 Å². The Morgan fingerprint density at radius 1 is 1.41 bits per heavy atom. The summed E-state index contributed by atoms with van der Waals surface area (Å²) in [7, 11) is 1.77. The van der Waals surface area contributed by atoms with E-state index in [1.807, 2.05) is 37.3 Å². The smallest absolute Gasteiger partial charge is 0.226 e. The Morgan fingerprint density at radius 2 is 2.06 bits per heavy atom. The van der Waals surface area contributed by atoms with Crippen molar-refractivity contribution < 1.29 is 9.53 Å². The van der Waals surface area contributed by atoms with Crippen molar-refractivity contribution in [2.45, 2.75) is 19.4 Å². The Balaban J connectivity index is 2.29. The number of likely N-dealkylation sites (N-methyl/N-ethyl adjacent to an activating group) is 1. The highest BCUT2D eigenvalue weighted by molar-refractivity contribution is 5.76. The highest BCUT2D eigenvalue weighted by Crippen LogP contribution is 2.08. The maximum absolute atomic E-state index is 11.7. The molecule has 0 bridgehead atoms. The number of benzene rings is 1. The molecule has 0 fully saturated rings. The molecule has 1 rings (SSSR count). The molecule has 4 heteroatoms. The van der Waals surface area contributed by atoms with Gasteiger partial charge in [0.25, 0.3) is 0 Å². The number of amides is 1. The summed E-state index contributed by atoms with van der Waals surface area (Å²) in [5, 5.41) is 0. The lowest BCUT2D eigenvalue weighted by Gasteiger charge is -2.23. The third-order valence-corrected chi connectivity index (χ3v) is 2.72. The summed E-state index contributed by atoms with van der Waals surface area (Å²) >= 11 is 0. The maximum atomic E-state index is 11.7. The van der Waals surface area contributed by atoms with Crippen LogP contribution in [0.4, 0.5) is 0 Å². The average Bonchev–Trinajstić information content (AvgIpc) is 2.38. The molecule has 17 heavy (non-hydrogen) atoms. The Bertz CT molecular complexity index is 341. The fourth-order valence-electron chi connectivity index (χ4n) is 1.35. The van der Waals surface area contributed by atoms with E-state index >= 15 is 0 Å². The molecule has 1 atom stereocenters. The fraction of sp³-hybridized carbons (Fsp3) is 0.462. The van der Waals surface area contributed by atoms with Gasteiger partial charge in [0.1, 0.15) is 5.75 Å². The number of carbonyl (C=O) groups excluding carboxylic acids is 1. The van der Waals surface area contributed by atoms with Crippen LogP contribution in [0.3, 0.4) is 0 Å². The Kier molecular flexibility index (Phi) is 5.49. The fourth-order valence-corrected chi connectivity index (χ4v) is 1.35. The zero-order valence-electron chi connectivity index (χ0n) is 10.4. The lowest BCUT2D eigenvalue weighted by Crippen LogP contribution is -2.40. The molecule has 0 saturated carbocycles. The minimum absolute atomic E-state index is 0.0545. The molecule has 0 spiro atoms. The second-order valence-electron chi connectivity index (χ2n) is 4.00. The van der Waals surface area contributed by atoms with E-state index in [0.29, 0.717) is 19.6 Å². The first-order valence-corrected chi connectivity index (χ1v) is 5.78. The van der Waals surface area contributed by atoms with Crippen molar-refractivity contribution in [3.63, 3.8) is 0 Å². The number of para-hydroxylation sites is 1. The third kappa shape index (κ3) is 4.44. The summed E-state index contributed by atoms with van der Waals surface area (Å²) in [6.45, 7) is 2.79. The molecule has 2 N–H and O–H groups in total. The van der Waals surface area contributed by atoms with E-state index < -0.39 is 0 Å². The van der Waals surface area contributed by atoms with E-state index in [4.69, 9.17) is 10.5 Å². The van der Waals surface area contributed by atoms with Crippen molar-refractivity contribution in [1.29, 1.82) is 0 Å². The standard InChI is InChI=1S/C13H20N2O2/c1-11(10-14)15(2)13(16)8-9-17-12-6-4-3-5-7-12/h3-7,11H,8-10,14H2,1-2H3. The minimum Gasteiger partial charge on any atom is -0.493 e. The monoisotopic (exact) mass is 236 g/mol. The van der Waals surface area contributed by atoms with E-state index in [0.717, 1.165) is 5.75 Å². The first-order chi connectivity index (χ1) is 8.15. The van der Waals surface area contributed by atoms with Gasteiger partial charge >= 0.3 is 0 Å². The van der Waals surface area contributed by atoms with Gasteiger partial charge < -0.3 is 15.4 Å². The molecule has 0 saturated heterocycles. The first kappa shape index (κ1) is 13.5. The number of hydrogen-bond acceptors (Lipinski definition) is 3. The first-order valence-electron chi connectivity index (χ1n) is 5.78. The predicted octanol–water partition coefficient (Wildman–Crippen LogP) is 1.26. The van der Waals surface area contributed by atoms with Crippen LogP contribution in [0.25, 0.3) is 0 Å². The Labute approximate surface area is 102 Å². The Hall–Kier alpha value is -1.55. The number of nitrogens with two attached hydrogens (primary N) is 1. The van der Waals surface area contributed by atoms with Crippen LogP contribution in [-0.4, -0.2) is 37.0 Å². The molecule has 1 aromatic carbocycles. The highest BCUT2D eigenvalue weighted by Gasteiger charge is 2.13. The van der Waals surface area contributed by atoms with Gasteiger partial charge in [0.15, 0.2) is 0 Å². The van der Waals surface area contributed by atoms with Gasteiger partial charge in [-0.3, -0.25) is 4.79 Å². The number of hydrogen-bond donors (Lipinski definition) is 1. The van der Waals surface area contributed by atoms with Crippen molar-refractivity contribution in [2.24, 2.45) is 5.73 Å². The average molecular weight is 236 g/mol. The van der Waals surface area contributed by atoms with E-state index in [2.05, 4.69) is 0 Å². The zero-order valence-corrected chi connectivity index (χ0v) is 10.4. The molecule has 0 aromatic heterocycles. The van der Waals surface area contributed by atoms with Crippen LogP contribution >= 0.6 is 0 Å². The van der Waals surface area contributed by atoms with Crippen LogP contribution in [0.15, 0.2) is 30.3 Å². The van der Waals surface area contributed by atoms with E-state index in [1.54, 1.807) is 11.9 Å². The minimum atomic E-state index is 0.0545. The molecule has 0 radical (unpaired) electrons. The van der Waals surface area contributed by atoms with Crippen LogP contribution < -0.4 is 10.5 Å². The van der Waals surface area contributed by atoms with Crippen LogP contribution in [-0.2, 0) is 4.79 Å². The molecule has 1 unspecified atom stereocenters. The van der Waals surface area contributed by atoms with Crippen LogP contribution in [0.2, 0.25) is 0 Å². The summed E-state index contributed by atoms with van der Waals surface area (Å²) in [6.07, 6.45) is 0.371. The summed E-state index contributed by atoms with van der Waals surface area (Å²) in [6, 6.07) is 9.54. The normalized spacial score (nSPS) is 11.9. The molecule has 0 heterocycles. The lowest BCUT2D eigenvalue weighted by atomic mass is 10.2. The van der Waals surface area contributed by atoms with Gasteiger partial charge in [0.05, 0.1) is 13.0 Å². The molecule has 1 amide bonds. The summed E-state index contributed by atoms with van der Waals surface area (Å²) in [5.74, 6) is 0.841. The van der Waals surface area contributed by atoms with E-state index in [9.17, 15) is 4.79 Å². The number of ether oxygens (including phenoxy) is 1. The predicted molar refractivity (Wildman–Crippen MR) is 67.8 cm³/mol. The quantitative estimate of drug-likeness (QED) is 0.809. The summed E-state index contributed by atoms with van der Waals surface area (Å²) < 4.78 is 5.46. The van der Waals surface area contributed by atoms with Crippen LogP contribution in [0.5, 0.6) is 5.75 Å². The van der Waals surface area contributed by atoms with Gasteiger partial charge in [-0.05, 0) is 19.1 Å². The molecule has 0 aliphatic heterocycles. The number of nitrogens with zero attached hydrogens (tertiary/aromatic N) is 1. The molecule has 4 nitrogen and oxygen atoms in total. The highest BCUT2D eigenvalue weighted by atomic mass is 16.5. The van der Waals surface area contributed by atoms with Crippen LogP contribution in [0.1, 0.15) is 13.3 Å². The van der Waals surface area contributed by atoms with Crippen molar-refractivity contribution in [1.82, 2.24) is 4.90 Å². The van der Waals surface area contributed by atoms with Gasteiger partial charge in [-0.25, -0.2) is 0 Å². The molecule has 0 aliphatic carbocycles. The van der Waals surface area contributed by atoms with Gasteiger partial charge in [0, 0.05) is 19.6 Å². The largest absolute Gasteiger partial charge is 0.493 e. The summed E-state index contributed by atoms with van der Waals surface area (Å²) in [5.41, 5.74) is 5.51. The SMILES string of the molecule is CC(CN)N(C)C(=O)CCOc1ccccc1. The van der Waals surface area contributed by atoms with Gasteiger partial charge in [0.2, 0.25) is 5.91 Å². The number of rotatable bonds is 6. The molecule has 94 valence electrons. The second-order valence-corrected chi connectivity index (χ2v) is 4.00. The zero-order chi connectivity index (χ0) is 12.7. The molecular weight excluding hydrogens is 216 g/mol. The maximum Gasteiger partial charge on any atom is 0.226 e. The van der Waals surface area contributed by atoms with Crippen molar-refractivity contribution in [3.8, 4) is 5.75 Å². The van der Waals surface area contributed by atoms with E-state index in [1.165, 1.54) is 0 Å². The lowest BCUT2D eigenvalue weighted by molar-refractivity contribution is -0.132. The summed E-state index contributed by atoms with van der Waals surface area (Å²) in [4.78, 5) is 13.4. The van der Waals surface area contributed by atoms with Crippen molar-refractivity contribution in [3.05, 3.63) is 30.3 Å². The molecule has 1 aromatic rings. The Morgan fingerprint density at radius 3 is 2.65 bits per heavy atom. The third-order valence-electron chi connectivity index (χ3n) is 2.72. The van der Waals surface area contributed by atoms with Crippen molar-refractivity contribution >= 4 is 5.91 Å². The van der Waals surface area contributed by atoms with Gasteiger partial charge in [-0.1, -0.05) is 18.2 Å². The van der Waals surface area contributed by atoms with Crippen LogP contribution in [0, 0.1) is 0 Å². The molecule has 0 aliphatic rings. The van der Waals surface area contributed by atoms with Gasteiger partial charge in [-0.2, -0.15) is 0 Å². The topological polar surface area (TPSA) is 55.6 Å². The molecular formula is C13H20N2O2. The van der Waals surface area contributed by atoms with Crippen molar-refractivity contribution in [2.75, 3.05) is 20.2 Å². The number of carbonyl (C=O) groups is 1. The van der Waals surface area contributed by atoms with Gasteiger partial charge in [-0.15, -0.1) is 0 Å².